The highest BCUT2D eigenvalue weighted by molar-refractivity contribution is 6.30. The van der Waals surface area contributed by atoms with Crippen LogP contribution in [0.15, 0.2) is 30.3 Å². The fourth-order valence-corrected chi connectivity index (χ4v) is 2.93. The largest absolute Gasteiger partial charge is 0.304 e. The van der Waals surface area contributed by atoms with Crippen molar-refractivity contribution in [2.75, 3.05) is 33.2 Å². The molecule has 0 aliphatic carbocycles. The summed E-state index contributed by atoms with van der Waals surface area (Å²) in [6, 6.07) is 10.3. The Balaban J connectivity index is 1.87. The molecule has 0 atom stereocenters. The molecule has 1 aromatic heterocycles. The van der Waals surface area contributed by atoms with Gasteiger partial charge in [0.25, 0.3) is 0 Å². The van der Waals surface area contributed by atoms with Gasteiger partial charge in [-0.2, -0.15) is 5.10 Å². The van der Waals surface area contributed by atoms with Gasteiger partial charge in [-0.05, 0) is 7.05 Å². The number of aryl methyl sites for hydroxylation is 1. The maximum absolute atomic E-state index is 6.48. The van der Waals surface area contributed by atoms with Gasteiger partial charge in [-0.15, -0.1) is 0 Å². The highest BCUT2D eigenvalue weighted by Gasteiger charge is 2.21. The van der Waals surface area contributed by atoms with E-state index in [0.29, 0.717) is 0 Å². The van der Waals surface area contributed by atoms with Crippen LogP contribution in [0.4, 0.5) is 0 Å². The lowest BCUT2D eigenvalue weighted by Crippen LogP contribution is -2.43. The van der Waals surface area contributed by atoms with Crippen LogP contribution in [0, 0.1) is 0 Å². The Labute approximate surface area is 130 Å². The molecule has 0 unspecified atom stereocenters. The molecule has 112 valence electrons. The van der Waals surface area contributed by atoms with E-state index in [9.17, 15) is 0 Å². The van der Waals surface area contributed by atoms with Crippen molar-refractivity contribution in [2.24, 2.45) is 7.05 Å². The quantitative estimate of drug-likeness (QED) is 0.871. The molecule has 0 radical (unpaired) electrons. The van der Waals surface area contributed by atoms with Gasteiger partial charge in [-0.3, -0.25) is 9.58 Å². The number of benzene rings is 1. The Kier molecular flexibility index (Phi) is 4.29. The smallest absolute Gasteiger partial charge is 0.131 e. The van der Waals surface area contributed by atoms with E-state index in [4.69, 9.17) is 11.6 Å². The zero-order valence-electron chi connectivity index (χ0n) is 12.6. The second-order valence-corrected chi connectivity index (χ2v) is 6.05. The Morgan fingerprint density at radius 2 is 1.71 bits per heavy atom. The molecule has 1 aliphatic heterocycles. The van der Waals surface area contributed by atoms with Crippen molar-refractivity contribution in [2.45, 2.75) is 6.54 Å². The van der Waals surface area contributed by atoms with Crippen molar-refractivity contribution in [1.82, 2.24) is 19.6 Å². The van der Waals surface area contributed by atoms with Crippen LogP contribution in [-0.2, 0) is 13.6 Å². The Morgan fingerprint density at radius 3 is 2.38 bits per heavy atom. The van der Waals surface area contributed by atoms with E-state index >= 15 is 0 Å². The van der Waals surface area contributed by atoms with E-state index in [2.05, 4.69) is 34.1 Å². The predicted molar refractivity (Wildman–Crippen MR) is 86.4 cm³/mol. The first-order valence-electron chi connectivity index (χ1n) is 7.33. The lowest BCUT2D eigenvalue weighted by molar-refractivity contribution is 0.148. The molecule has 0 spiro atoms. The van der Waals surface area contributed by atoms with E-state index in [0.717, 1.165) is 54.7 Å². The van der Waals surface area contributed by atoms with Gasteiger partial charge in [-0.1, -0.05) is 41.9 Å². The first kappa shape index (κ1) is 14.6. The number of hydrogen-bond acceptors (Lipinski definition) is 3. The Bertz CT molecular complexity index is 600. The zero-order valence-corrected chi connectivity index (χ0v) is 13.3. The van der Waals surface area contributed by atoms with E-state index in [1.54, 1.807) is 4.68 Å². The van der Waals surface area contributed by atoms with Crippen LogP contribution in [0.3, 0.4) is 0 Å². The van der Waals surface area contributed by atoms with E-state index in [1.165, 1.54) is 0 Å². The monoisotopic (exact) mass is 304 g/mol. The lowest BCUT2D eigenvalue weighted by atomic mass is 10.1. The topological polar surface area (TPSA) is 24.3 Å². The van der Waals surface area contributed by atoms with E-state index in [1.807, 2.05) is 25.2 Å². The summed E-state index contributed by atoms with van der Waals surface area (Å²) in [6.07, 6.45) is 0. The molecule has 0 amide bonds. The number of rotatable bonds is 3. The summed E-state index contributed by atoms with van der Waals surface area (Å²) in [4.78, 5) is 4.81. The van der Waals surface area contributed by atoms with Gasteiger partial charge in [0, 0.05) is 50.9 Å². The molecular weight excluding hydrogens is 284 g/mol. The van der Waals surface area contributed by atoms with Crippen molar-refractivity contribution in [3.05, 3.63) is 41.0 Å². The van der Waals surface area contributed by atoms with Crippen LogP contribution in [0.5, 0.6) is 0 Å². The molecule has 3 rings (SSSR count). The second-order valence-electron chi connectivity index (χ2n) is 5.69. The molecule has 2 aromatic rings. The average Bonchev–Trinajstić information content (AvgIpc) is 2.79. The Hall–Kier alpha value is -1.36. The SMILES string of the molecule is CN1CCN(Cc2c(-c3ccccc3)nn(C)c2Cl)CC1. The molecule has 1 saturated heterocycles. The maximum atomic E-state index is 6.48. The summed E-state index contributed by atoms with van der Waals surface area (Å²) in [5.41, 5.74) is 3.26. The van der Waals surface area contributed by atoms with Crippen molar-refractivity contribution >= 4 is 11.6 Å². The van der Waals surface area contributed by atoms with Crippen LogP contribution < -0.4 is 0 Å². The summed E-state index contributed by atoms with van der Waals surface area (Å²) in [5.74, 6) is 0. The predicted octanol–water partition coefficient (Wildman–Crippen LogP) is 2.49. The van der Waals surface area contributed by atoms with Gasteiger partial charge >= 0.3 is 0 Å². The summed E-state index contributed by atoms with van der Waals surface area (Å²) in [6.45, 7) is 5.24. The minimum absolute atomic E-state index is 0.743. The third-order valence-corrected chi connectivity index (χ3v) is 4.57. The van der Waals surface area contributed by atoms with Gasteiger partial charge < -0.3 is 4.90 Å². The number of piperazine rings is 1. The highest BCUT2D eigenvalue weighted by atomic mass is 35.5. The van der Waals surface area contributed by atoms with Crippen molar-refractivity contribution in [1.29, 1.82) is 0 Å². The van der Waals surface area contributed by atoms with Crippen LogP contribution in [-0.4, -0.2) is 52.8 Å². The van der Waals surface area contributed by atoms with Crippen LogP contribution in [0.2, 0.25) is 5.15 Å². The minimum Gasteiger partial charge on any atom is -0.304 e. The molecule has 1 aromatic carbocycles. The summed E-state index contributed by atoms with van der Waals surface area (Å²) in [5, 5.41) is 5.35. The van der Waals surface area contributed by atoms with Crippen LogP contribution in [0.25, 0.3) is 11.3 Å². The molecule has 0 bridgehead atoms. The van der Waals surface area contributed by atoms with Crippen molar-refractivity contribution < 1.29 is 0 Å². The second kappa shape index (κ2) is 6.18. The summed E-state index contributed by atoms with van der Waals surface area (Å²) in [7, 11) is 4.08. The van der Waals surface area contributed by atoms with Crippen molar-refractivity contribution in [3.63, 3.8) is 0 Å². The fourth-order valence-electron chi connectivity index (χ4n) is 2.74. The molecule has 4 nitrogen and oxygen atoms in total. The third-order valence-electron chi connectivity index (χ3n) is 4.09. The van der Waals surface area contributed by atoms with Gasteiger partial charge in [0.1, 0.15) is 5.15 Å². The van der Waals surface area contributed by atoms with Crippen molar-refractivity contribution in [3.8, 4) is 11.3 Å². The number of aromatic nitrogens is 2. The third kappa shape index (κ3) is 3.12. The first-order chi connectivity index (χ1) is 10.1. The normalized spacial score (nSPS) is 17.3. The number of hydrogen-bond donors (Lipinski definition) is 0. The van der Waals surface area contributed by atoms with E-state index < -0.39 is 0 Å². The number of likely N-dealkylation sites (N-methyl/N-ethyl adjacent to an activating group) is 1. The Morgan fingerprint density at radius 1 is 1.05 bits per heavy atom. The molecule has 2 heterocycles. The van der Waals surface area contributed by atoms with Crippen LogP contribution >= 0.6 is 11.6 Å². The van der Waals surface area contributed by atoms with Gasteiger partial charge in [0.05, 0.1) is 5.69 Å². The number of nitrogens with zero attached hydrogens (tertiary/aromatic N) is 4. The fraction of sp³-hybridized carbons (Fsp3) is 0.438. The maximum Gasteiger partial charge on any atom is 0.131 e. The van der Waals surface area contributed by atoms with Gasteiger partial charge in [0.2, 0.25) is 0 Å². The lowest BCUT2D eigenvalue weighted by Gasteiger charge is -2.32. The molecule has 0 saturated carbocycles. The number of halogens is 1. The average molecular weight is 305 g/mol. The highest BCUT2D eigenvalue weighted by Crippen LogP contribution is 2.29. The molecule has 5 heteroatoms. The van der Waals surface area contributed by atoms with Gasteiger partial charge in [-0.25, -0.2) is 0 Å². The molecular formula is C16H21ClN4. The van der Waals surface area contributed by atoms with E-state index in [-0.39, 0.29) is 0 Å². The molecule has 21 heavy (non-hydrogen) atoms. The molecule has 1 fully saturated rings. The molecule has 0 N–H and O–H groups in total. The summed E-state index contributed by atoms with van der Waals surface area (Å²) >= 11 is 6.48. The first-order valence-corrected chi connectivity index (χ1v) is 7.70. The van der Waals surface area contributed by atoms with Crippen LogP contribution in [0.1, 0.15) is 5.56 Å². The van der Waals surface area contributed by atoms with Gasteiger partial charge in [0.15, 0.2) is 0 Å². The summed E-state index contributed by atoms with van der Waals surface area (Å²) < 4.78 is 1.77. The zero-order chi connectivity index (χ0) is 14.8. The minimum atomic E-state index is 0.743. The molecule has 1 aliphatic rings. The standard InChI is InChI=1S/C16H21ClN4/c1-19-8-10-21(11-9-19)12-14-15(18-20(2)16(14)17)13-6-4-3-5-7-13/h3-7H,8-12H2,1-2H3.